The molecular formula is C17H22FNO2. The Labute approximate surface area is 125 Å². The molecule has 0 saturated heterocycles. The average molecular weight is 291 g/mol. The number of ether oxygens (including phenoxy) is 1. The van der Waals surface area contributed by atoms with Gasteiger partial charge in [-0.2, -0.15) is 0 Å². The van der Waals surface area contributed by atoms with E-state index in [0.717, 1.165) is 0 Å². The number of amides is 1. The summed E-state index contributed by atoms with van der Waals surface area (Å²) >= 11 is 0. The van der Waals surface area contributed by atoms with E-state index in [2.05, 4.69) is 4.99 Å². The molecule has 0 radical (unpaired) electrons. The minimum Gasteiger partial charge on any atom is -0.493 e. The van der Waals surface area contributed by atoms with Gasteiger partial charge in [0.15, 0.2) is 0 Å². The van der Waals surface area contributed by atoms with Crippen molar-refractivity contribution in [2.24, 2.45) is 16.3 Å². The van der Waals surface area contributed by atoms with E-state index in [1.54, 1.807) is 39.8 Å². The maximum absolute atomic E-state index is 13.9. The van der Waals surface area contributed by atoms with Crippen molar-refractivity contribution in [3.63, 3.8) is 0 Å². The van der Waals surface area contributed by atoms with Crippen LogP contribution < -0.4 is 4.74 Å². The van der Waals surface area contributed by atoms with E-state index in [0.29, 0.717) is 29.5 Å². The summed E-state index contributed by atoms with van der Waals surface area (Å²) in [6.45, 7) is 7.68. The second kappa shape index (κ2) is 5.96. The van der Waals surface area contributed by atoms with Crippen molar-refractivity contribution >= 4 is 11.6 Å². The Morgan fingerprint density at radius 2 is 2.05 bits per heavy atom. The molecule has 0 bridgehead atoms. The Morgan fingerprint density at radius 1 is 1.38 bits per heavy atom. The summed E-state index contributed by atoms with van der Waals surface area (Å²) in [5.74, 6) is 0.604. The van der Waals surface area contributed by atoms with Gasteiger partial charge in [-0.05, 0) is 43.9 Å². The van der Waals surface area contributed by atoms with Crippen LogP contribution in [0.3, 0.4) is 0 Å². The Balaban J connectivity index is 2.18. The van der Waals surface area contributed by atoms with Crippen LogP contribution in [0.2, 0.25) is 0 Å². The molecule has 1 fully saturated rings. The van der Waals surface area contributed by atoms with E-state index in [9.17, 15) is 9.18 Å². The zero-order valence-corrected chi connectivity index (χ0v) is 13.1. The molecule has 4 heteroatoms. The van der Waals surface area contributed by atoms with Crippen LogP contribution in [0.1, 0.15) is 46.1 Å². The van der Waals surface area contributed by atoms with Crippen LogP contribution in [0.5, 0.6) is 5.75 Å². The summed E-state index contributed by atoms with van der Waals surface area (Å²) in [6.07, 6.45) is 2.41. The van der Waals surface area contributed by atoms with Crippen LogP contribution in [-0.4, -0.2) is 18.2 Å². The monoisotopic (exact) mass is 291 g/mol. The number of halogens is 1. The summed E-state index contributed by atoms with van der Waals surface area (Å²) in [5.41, 5.74) is 0.128. The summed E-state index contributed by atoms with van der Waals surface area (Å²) in [7, 11) is 0. The van der Waals surface area contributed by atoms with E-state index >= 15 is 0 Å². The molecule has 0 N–H and O–H groups in total. The molecule has 1 amide bonds. The first kappa shape index (κ1) is 15.7. The fourth-order valence-electron chi connectivity index (χ4n) is 1.75. The topological polar surface area (TPSA) is 38.7 Å². The zero-order valence-electron chi connectivity index (χ0n) is 13.1. The number of aliphatic imine (C=N–C) groups is 1. The van der Waals surface area contributed by atoms with Gasteiger partial charge in [0.25, 0.3) is 5.91 Å². The highest BCUT2D eigenvalue weighted by Gasteiger charge is 2.23. The lowest BCUT2D eigenvalue weighted by atomic mass is 9.96. The largest absolute Gasteiger partial charge is 0.493 e. The van der Waals surface area contributed by atoms with E-state index in [-0.39, 0.29) is 5.91 Å². The zero-order chi connectivity index (χ0) is 15.6. The third-order valence-corrected chi connectivity index (χ3v) is 3.42. The normalized spacial score (nSPS) is 16.0. The molecule has 1 aliphatic carbocycles. The van der Waals surface area contributed by atoms with Crippen molar-refractivity contribution in [2.75, 3.05) is 6.61 Å². The number of hydrogen-bond acceptors (Lipinski definition) is 2. The summed E-state index contributed by atoms with van der Waals surface area (Å²) in [4.78, 5) is 15.9. The second-order valence-electron chi connectivity index (χ2n) is 6.65. The smallest absolute Gasteiger partial charge is 0.251 e. The predicted molar refractivity (Wildman–Crippen MR) is 81.3 cm³/mol. The molecule has 0 heterocycles. The minimum atomic E-state index is -0.572. The predicted octanol–water partition coefficient (Wildman–Crippen LogP) is 4.00. The second-order valence-corrected chi connectivity index (χ2v) is 6.65. The van der Waals surface area contributed by atoms with E-state index in [4.69, 9.17) is 4.74 Å². The fourth-order valence-corrected chi connectivity index (χ4v) is 1.75. The van der Waals surface area contributed by atoms with Crippen molar-refractivity contribution in [3.05, 3.63) is 29.6 Å². The van der Waals surface area contributed by atoms with Gasteiger partial charge in [-0.3, -0.25) is 4.79 Å². The maximum atomic E-state index is 13.9. The average Bonchev–Trinajstić information content (AvgIpc) is 3.20. The van der Waals surface area contributed by atoms with Crippen molar-refractivity contribution in [2.45, 2.75) is 40.5 Å². The van der Waals surface area contributed by atoms with Crippen LogP contribution in [0.15, 0.2) is 23.2 Å². The van der Waals surface area contributed by atoms with Gasteiger partial charge in [-0.15, -0.1) is 0 Å². The van der Waals surface area contributed by atoms with E-state index in [1.165, 1.54) is 18.9 Å². The molecule has 114 valence electrons. The first-order valence-corrected chi connectivity index (χ1v) is 7.30. The number of carbonyl (C=O) groups excluding carboxylic acids is 1. The number of nitrogens with zero attached hydrogens (tertiary/aromatic N) is 1. The summed E-state index contributed by atoms with van der Waals surface area (Å²) < 4.78 is 19.6. The first-order valence-electron chi connectivity index (χ1n) is 7.30. The Kier molecular flexibility index (Phi) is 4.45. The molecule has 0 spiro atoms. The maximum Gasteiger partial charge on any atom is 0.251 e. The molecule has 3 nitrogen and oxygen atoms in total. The lowest BCUT2D eigenvalue weighted by Gasteiger charge is -2.14. The van der Waals surface area contributed by atoms with Gasteiger partial charge in [0.05, 0.1) is 12.3 Å². The molecule has 1 aromatic rings. The van der Waals surface area contributed by atoms with Gasteiger partial charge in [-0.1, -0.05) is 20.8 Å². The van der Waals surface area contributed by atoms with Crippen molar-refractivity contribution in [3.8, 4) is 5.75 Å². The number of benzene rings is 1. The van der Waals surface area contributed by atoms with Crippen molar-refractivity contribution in [1.82, 2.24) is 0 Å². The minimum absolute atomic E-state index is 0.260. The first-order chi connectivity index (χ1) is 9.77. The third-order valence-electron chi connectivity index (χ3n) is 3.42. The third kappa shape index (κ3) is 4.38. The van der Waals surface area contributed by atoms with Crippen LogP contribution in [0.4, 0.5) is 4.39 Å². The van der Waals surface area contributed by atoms with Crippen molar-refractivity contribution in [1.29, 1.82) is 0 Å². The molecule has 0 aromatic heterocycles. The Morgan fingerprint density at radius 3 is 2.62 bits per heavy atom. The number of carbonyl (C=O) groups is 1. The van der Waals surface area contributed by atoms with Gasteiger partial charge in [0.1, 0.15) is 11.6 Å². The van der Waals surface area contributed by atoms with Crippen LogP contribution >= 0.6 is 0 Å². The Hall–Kier alpha value is -1.71. The summed E-state index contributed by atoms with van der Waals surface area (Å²) in [5, 5.41) is 0. The van der Waals surface area contributed by atoms with Gasteiger partial charge < -0.3 is 4.74 Å². The fraction of sp³-hybridized carbons (Fsp3) is 0.529. The SMILES string of the molecule is CC(=NC(=O)C(C)(C)C)c1cc(OCC2CC2)ccc1F. The van der Waals surface area contributed by atoms with Crippen LogP contribution in [0.25, 0.3) is 0 Å². The van der Waals surface area contributed by atoms with Crippen LogP contribution in [-0.2, 0) is 4.79 Å². The molecule has 1 aromatic carbocycles. The molecule has 0 atom stereocenters. The lowest BCUT2D eigenvalue weighted by molar-refractivity contribution is -0.124. The number of hydrogen-bond donors (Lipinski definition) is 0. The standard InChI is InChI=1S/C17H22FNO2/c1-11(19-16(20)17(2,3)4)14-9-13(7-8-15(14)18)21-10-12-5-6-12/h7-9,12H,5-6,10H2,1-4H3. The van der Waals surface area contributed by atoms with Gasteiger partial charge in [-0.25, -0.2) is 9.38 Å². The van der Waals surface area contributed by atoms with E-state index < -0.39 is 11.2 Å². The molecule has 1 saturated carbocycles. The molecular weight excluding hydrogens is 269 g/mol. The number of rotatable bonds is 4. The lowest BCUT2D eigenvalue weighted by Crippen LogP contribution is -2.19. The highest BCUT2D eigenvalue weighted by atomic mass is 19.1. The highest BCUT2D eigenvalue weighted by molar-refractivity contribution is 6.06. The molecule has 21 heavy (non-hydrogen) atoms. The van der Waals surface area contributed by atoms with E-state index in [1.807, 2.05) is 0 Å². The summed E-state index contributed by atoms with van der Waals surface area (Å²) in [6, 6.07) is 4.59. The van der Waals surface area contributed by atoms with Crippen LogP contribution in [0, 0.1) is 17.2 Å². The van der Waals surface area contributed by atoms with Gasteiger partial charge in [0.2, 0.25) is 0 Å². The molecule has 0 unspecified atom stereocenters. The van der Waals surface area contributed by atoms with Crippen molar-refractivity contribution < 1.29 is 13.9 Å². The molecule has 1 aliphatic rings. The molecule has 0 aliphatic heterocycles. The highest BCUT2D eigenvalue weighted by Crippen LogP contribution is 2.30. The van der Waals surface area contributed by atoms with Gasteiger partial charge >= 0.3 is 0 Å². The quantitative estimate of drug-likeness (QED) is 0.787. The molecule has 2 rings (SSSR count). The Bertz CT molecular complexity index is 569. The van der Waals surface area contributed by atoms with Gasteiger partial charge in [0, 0.05) is 11.0 Å².